The molecular weight excluding hydrogens is 240 g/mol. The molecule has 19 heavy (non-hydrogen) atoms. The van der Waals surface area contributed by atoms with Crippen LogP contribution in [0.4, 0.5) is 0 Å². The Morgan fingerprint density at radius 3 is 2.63 bits per heavy atom. The van der Waals surface area contributed by atoms with E-state index in [-0.39, 0.29) is 17.3 Å². The molecule has 1 aromatic carbocycles. The maximum Gasteiger partial charge on any atom is 0.166 e. The van der Waals surface area contributed by atoms with Gasteiger partial charge in [0.05, 0.1) is 12.7 Å². The van der Waals surface area contributed by atoms with E-state index in [2.05, 4.69) is 0 Å². The van der Waals surface area contributed by atoms with Crippen LogP contribution in [0.15, 0.2) is 24.3 Å². The third-order valence-corrected chi connectivity index (χ3v) is 4.50. The number of hydrogen-bond acceptors (Lipinski definition) is 3. The van der Waals surface area contributed by atoms with Crippen LogP contribution in [0.1, 0.15) is 42.5 Å². The minimum atomic E-state index is 0.0328. The lowest BCUT2D eigenvalue weighted by molar-refractivity contribution is -0.137. The molecule has 1 unspecified atom stereocenters. The zero-order valence-corrected chi connectivity index (χ0v) is 11.4. The van der Waals surface area contributed by atoms with Crippen molar-refractivity contribution in [1.29, 1.82) is 0 Å². The van der Waals surface area contributed by atoms with Crippen molar-refractivity contribution in [3.05, 3.63) is 29.8 Å². The van der Waals surface area contributed by atoms with Crippen LogP contribution in [-0.4, -0.2) is 25.1 Å². The number of benzene rings is 1. The van der Waals surface area contributed by atoms with E-state index in [1.807, 2.05) is 24.3 Å². The van der Waals surface area contributed by atoms with E-state index in [1.54, 1.807) is 7.11 Å². The Morgan fingerprint density at radius 2 is 2.05 bits per heavy atom. The monoisotopic (exact) mass is 260 g/mol. The number of Topliss-reactive ketones (excluding diaryl/α,β-unsaturated/α-hetero) is 1. The fraction of sp³-hybridized carbons (Fsp3) is 0.562. The molecule has 2 aliphatic rings. The SMILES string of the molecule is COc1ccc(C(=O)C2CCOC3(CCC3)C2)cc1. The quantitative estimate of drug-likeness (QED) is 0.783. The molecule has 1 saturated carbocycles. The van der Waals surface area contributed by atoms with Gasteiger partial charge in [-0.05, 0) is 56.4 Å². The predicted molar refractivity (Wildman–Crippen MR) is 72.6 cm³/mol. The number of ketones is 1. The van der Waals surface area contributed by atoms with Crippen LogP contribution in [0.25, 0.3) is 0 Å². The summed E-state index contributed by atoms with van der Waals surface area (Å²) in [6, 6.07) is 7.44. The summed E-state index contributed by atoms with van der Waals surface area (Å²) >= 11 is 0. The van der Waals surface area contributed by atoms with E-state index in [4.69, 9.17) is 9.47 Å². The lowest BCUT2D eigenvalue weighted by Gasteiger charge is -2.46. The fourth-order valence-electron chi connectivity index (χ4n) is 3.16. The van der Waals surface area contributed by atoms with Crippen molar-refractivity contribution in [2.75, 3.05) is 13.7 Å². The molecule has 1 aliphatic heterocycles. The van der Waals surface area contributed by atoms with Gasteiger partial charge in [0.1, 0.15) is 5.75 Å². The van der Waals surface area contributed by atoms with Gasteiger partial charge >= 0.3 is 0 Å². The van der Waals surface area contributed by atoms with Crippen LogP contribution in [0, 0.1) is 5.92 Å². The summed E-state index contributed by atoms with van der Waals surface area (Å²) in [5.41, 5.74) is 0.826. The summed E-state index contributed by atoms with van der Waals surface area (Å²) < 4.78 is 11.0. The first-order valence-corrected chi connectivity index (χ1v) is 7.05. The molecule has 0 aromatic heterocycles. The molecule has 3 nitrogen and oxygen atoms in total. The third kappa shape index (κ3) is 2.39. The van der Waals surface area contributed by atoms with E-state index in [0.29, 0.717) is 0 Å². The van der Waals surface area contributed by atoms with E-state index in [9.17, 15) is 4.79 Å². The van der Waals surface area contributed by atoms with Crippen molar-refractivity contribution in [1.82, 2.24) is 0 Å². The van der Waals surface area contributed by atoms with Gasteiger partial charge in [-0.2, -0.15) is 0 Å². The molecule has 0 N–H and O–H groups in total. The standard InChI is InChI=1S/C16H20O3/c1-18-14-5-3-12(4-6-14)15(17)13-7-10-19-16(11-13)8-2-9-16/h3-6,13H,2,7-11H2,1H3. The summed E-state index contributed by atoms with van der Waals surface area (Å²) in [5.74, 6) is 1.18. The first-order valence-electron chi connectivity index (χ1n) is 7.05. The Labute approximate surface area is 113 Å². The Kier molecular flexibility index (Phi) is 3.31. The van der Waals surface area contributed by atoms with Crippen molar-refractivity contribution in [2.45, 2.75) is 37.7 Å². The Balaban J connectivity index is 1.71. The Bertz CT molecular complexity index is 459. The first-order chi connectivity index (χ1) is 9.22. The topological polar surface area (TPSA) is 35.5 Å². The summed E-state index contributed by atoms with van der Waals surface area (Å²) in [6.45, 7) is 0.729. The van der Waals surface area contributed by atoms with Gasteiger partial charge < -0.3 is 9.47 Å². The zero-order valence-electron chi connectivity index (χ0n) is 11.4. The van der Waals surface area contributed by atoms with E-state index in [1.165, 1.54) is 6.42 Å². The smallest absolute Gasteiger partial charge is 0.166 e. The van der Waals surface area contributed by atoms with Crippen molar-refractivity contribution in [3.63, 3.8) is 0 Å². The highest BCUT2D eigenvalue weighted by atomic mass is 16.5. The highest BCUT2D eigenvalue weighted by Gasteiger charge is 2.44. The summed E-state index contributed by atoms with van der Waals surface area (Å²) in [6.07, 6.45) is 5.24. The lowest BCUT2D eigenvalue weighted by atomic mass is 9.70. The first kappa shape index (κ1) is 12.7. The number of ether oxygens (including phenoxy) is 2. The molecule has 102 valence electrons. The van der Waals surface area contributed by atoms with E-state index < -0.39 is 0 Å². The van der Waals surface area contributed by atoms with Gasteiger partial charge in [0, 0.05) is 18.1 Å². The molecular formula is C16H20O3. The molecule has 2 fully saturated rings. The second kappa shape index (κ2) is 4.97. The second-order valence-corrected chi connectivity index (χ2v) is 5.67. The highest BCUT2D eigenvalue weighted by molar-refractivity contribution is 5.98. The molecule has 0 bridgehead atoms. The highest BCUT2D eigenvalue weighted by Crippen LogP contribution is 2.44. The maximum absolute atomic E-state index is 12.5. The third-order valence-electron chi connectivity index (χ3n) is 4.50. The molecule has 3 rings (SSSR count). The minimum Gasteiger partial charge on any atom is -0.497 e. The number of methoxy groups -OCH3 is 1. The van der Waals surface area contributed by atoms with Crippen LogP contribution < -0.4 is 4.74 Å². The molecule has 1 aliphatic carbocycles. The average molecular weight is 260 g/mol. The van der Waals surface area contributed by atoms with Crippen molar-refractivity contribution in [2.24, 2.45) is 5.92 Å². The largest absolute Gasteiger partial charge is 0.497 e. The predicted octanol–water partition coefficient (Wildman–Crippen LogP) is 3.23. The molecule has 1 spiro atoms. The molecule has 0 radical (unpaired) electrons. The molecule has 3 heteroatoms. The van der Waals surface area contributed by atoms with Crippen LogP contribution in [0.5, 0.6) is 5.75 Å². The van der Waals surface area contributed by atoms with Crippen molar-refractivity contribution >= 4 is 5.78 Å². The second-order valence-electron chi connectivity index (χ2n) is 5.67. The van der Waals surface area contributed by atoms with Crippen molar-refractivity contribution < 1.29 is 14.3 Å². The normalized spacial score (nSPS) is 24.8. The lowest BCUT2D eigenvalue weighted by Crippen LogP contribution is -2.47. The van der Waals surface area contributed by atoms with E-state index >= 15 is 0 Å². The van der Waals surface area contributed by atoms with Crippen LogP contribution in [-0.2, 0) is 4.74 Å². The Morgan fingerprint density at radius 1 is 1.32 bits per heavy atom. The number of rotatable bonds is 3. The molecule has 1 atom stereocenters. The van der Waals surface area contributed by atoms with Gasteiger partial charge in [-0.1, -0.05) is 0 Å². The van der Waals surface area contributed by atoms with Gasteiger partial charge in [0.25, 0.3) is 0 Å². The summed E-state index contributed by atoms with van der Waals surface area (Å²) in [7, 11) is 1.63. The fourth-order valence-corrected chi connectivity index (χ4v) is 3.16. The van der Waals surface area contributed by atoms with Crippen LogP contribution >= 0.6 is 0 Å². The van der Waals surface area contributed by atoms with Crippen LogP contribution in [0.2, 0.25) is 0 Å². The molecule has 1 aromatic rings. The Hall–Kier alpha value is -1.35. The average Bonchev–Trinajstić information content (AvgIpc) is 2.45. The summed E-state index contributed by atoms with van der Waals surface area (Å²) in [5, 5.41) is 0. The van der Waals surface area contributed by atoms with Crippen LogP contribution in [0.3, 0.4) is 0 Å². The summed E-state index contributed by atoms with van der Waals surface area (Å²) in [4.78, 5) is 12.5. The van der Waals surface area contributed by atoms with Gasteiger partial charge in [0.2, 0.25) is 0 Å². The number of hydrogen-bond donors (Lipinski definition) is 0. The number of carbonyl (C=O) groups is 1. The van der Waals surface area contributed by atoms with E-state index in [0.717, 1.165) is 43.6 Å². The minimum absolute atomic E-state index is 0.0328. The van der Waals surface area contributed by atoms with Gasteiger partial charge in [-0.3, -0.25) is 4.79 Å². The van der Waals surface area contributed by atoms with Crippen molar-refractivity contribution in [3.8, 4) is 5.75 Å². The molecule has 1 saturated heterocycles. The maximum atomic E-state index is 12.5. The molecule has 1 heterocycles. The van der Waals surface area contributed by atoms with Gasteiger partial charge in [-0.25, -0.2) is 0 Å². The zero-order chi connectivity index (χ0) is 13.3. The van der Waals surface area contributed by atoms with Gasteiger partial charge in [0.15, 0.2) is 5.78 Å². The molecule has 0 amide bonds. The van der Waals surface area contributed by atoms with Gasteiger partial charge in [-0.15, -0.1) is 0 Å². The number of carbonyl (C=O) groups excluding carboxylic acids is 1.